The fourth-order valence-corrected chi connectivity index (χ4v) is 6.50. The van der Waals surface area contributed by atoms with Crippen LogP contribution in [-0.4, -0.2) is 0 Å². The van der Waals surface area contributed by atoms with E-state index in [1.807, 2.05) is 0 Å². The molecule has 0 atom stereocenters. The van der Waals surface area contributed by atoms with Crippen molar-refractivity contribution in [2.45, 2.75) is 14.7 Å². The average Bonchev–Trinajstić information content (AvgIpc) is 2.56. The molecule has 0 nitrogen and oxygen atoms in total. The molecule has 0 aliphatic heterocycles. The molecule has 3 rings (SSSR count). The van der Waals surface area contributed by atoms with E-state index in [0.29, 0.717) is 0 Å². The third-order valence-electron chi connectivity index (χ3n) is 3.43. The molecule has 100 valence electrons. The number of thiol groups is 1. The van der Waals surface area contributed by atoms with E-state index in [0.717, 1.165) is 0 Å². The zero-order valence-corrected chi connectivity index (χ0v) is 13.0. The monoisotopic (exact) mass is 296 g/mol. The molecule has 0 spiro atoms. The standard InChI is InChI=1S/C18H17PS/c19-20(16-10-4-1-5-11-16,17-12-6-2-7-13-17)18-14-8-3-9-15-18/h1-15,19-20H. The Bertz CT molecular complexity index is 618. The third kappa shape index (κ3) is 2.35. The van der Waals surface area contributed by atoms with Crippen molar-refractivity contribution in [3.63, 3.8) is 0 Å². The van der Waals surface area contributed by atoms with Gasteiger partial charge in [0.25, 0.3) is 0 Å². The van der Waals surface area contributed by atoms with Crippen LogP contribution in [0.25, 0.3) is 0 Å². The van der Waals surface area contributed by atoms with Crippen LogP contribution in [0.15, 0.2) is 106 Å². The predicted octanol–water partition coefficient (Wildman–Crippen LogP) is 5.11. The van der Waals surface area contributed by atoms with Crippen LogP contribution in [0.4, 0.5) is 0 Å². The number of benzene rings is 3. The highest BCUT2D eigenvalue weighted by Gasteiger charge is 2.17. The Morgan fingerprint density at radius 1 is 0.450 bits per heavy atom. The molecule has 3 aromatic carbocycles. The topological polar surface area (TPSA) is 0 Å². The molecule has 0 saturated carbocycles. The average molecular weight is 296 g/mol. The van der Waals surface area contributed by atoms with Gasteiger partial charge in [-0.05, 0) is 51.1 Å². The molecule has 0 aromatic heterocycles. The maximum absolute atomic E-state index is 4.18. The van der Waals surface area contributed by atoms with E-state index >= 15 is 0 Å². The summed E-state index contributed by atoms with van der Waals surface area (Å²) in [4.78, 5) is 4.03. The van der Waals surface area contributed by atoms with Crippen LogP contribution in [0, 0.1) is 0 Å². The molecule has 0 aliphatic rings. The summed E-state index contributed by atoms with van der Waals surface area (Å²) in [5.41, 5.74) is 0. The summed E-state index contributed by atoms with van der Waals surface area (Å²) in [5, 5.41) is 0. The van der Waals surface area contributed by atoms with Gasteiger partial charge in [0.1, 0.15) is 0 Å². The fraction of sp³-hybridized carbons (Fsp3) is 0. The molecule has 0 unspecified atom stereocenters. The van der Waals surface area contributed by atoms with E-state index in [-0.39, 0.29) is 0 Å². The Balaban J connectivity index is 2.27. The zero-order chi connectivity index (χ0) is 13.8. The van der Waals surface area contributed by atoms with E-state index in [1.165, 1.54) is 14.7 Å². The van der Waals surface area contributed by atoms with Gasteiger partial charge in [0.05, 0.1) is 0 Å². The Morgan fingerprint density at radius 3 is 0.950 bits per heavy atom. The van der Waals surface area contributed by atoms with Gasteiger partial charge >= 0.3 is 0 Å². The molecule has 0 aliphatic carbocycles. The molecule has 3 aromatic rings. The van der Waals surface area contributed by atoms with Crippen LogP contribution in [0.1, 0.15) is 0 Å². The summed E-state index contributed by atoms with van der Waals surface area (Å²) < 4.78 is 0. The maximum Gasteiger partial charge on any atom is -0.00515 e. The van der Waals surface area contributed by atoms with E-state index in [2.05, 4.69) is 99.0 Å². The Kier molecular flexibility index (Phi) is 3.82. The molecule has 2 heteroatoms. The highest BCUT2D eigenvalue weighted by molar-refractivity contribution is 8.29. The van der Waals surface area contributed by atoms with Crippen LogP contribution in [0.5, 0.6) is 0 Å². The molecule has 20 heavy (non-hydrogen) atoms. The third-order valence-corrected chi connectivity index (χ3v) is 8.97. The van der Waals surface area contributed by atoms with Gasteiger partial charge in [-0.15, -0.1) is 0 Å². The largest absolute Gasteiger partial charge is 0.169 e. The molecule has 0 fully saturated rings. The van der Waals surface area contributed by atoms with Gasteiger partial charge in [-0.3, -0.25) is 0 Å². The normalized spacial score (nSPS) is 12.0. The van der Waals surface area contributed by atoms with Crippen molar-refractivity contribution in [1.29, 1.82) is 0 Å². The summed E-state index contributed by atoms with van der Waals surface area (Å²) in [6.45, 7) is 0. The molecule has 0 saturated heterocycles. The van der Waals surface area contributed by atoms with Gasteiger partial charge in [-0.2, -0.15) is 9.21 Å². The first-order valence-corrected chi connectivity index (χ1v) is 9.76. The lowest BCUT2D eigenvalue weighted by molar-refractivity contribution is 1.31. The first-order valence-electron chi connectivity index (χ1n) is 6.63. The number of hydrogen-bond donors (Lipinski definition) is 1. The summed E-state index contributed by atoms with van der Waals surface area (Å²) in [6.07, 6.45) is 0. The van der Waals surface area contributed by atoms with Crippen molar-refractivity contribution in [2.24, 2.45) is 0 Å². The molecular weight excluding hydrogens is 279 g/mol. The Hall–Kier alpha value is -1.69. The van der Waals surface area contributed by atoms with Gasteiger partial charge in [0, 0.05) is 0 Å². The Morgan fingerprint density at radius 2 is 0.700 bits per heavy atom. The first kappa shape index (κ1) is 13.3. The van der Waals surface area contributed by atoms with Crippen LogP contribution < -0.4 is 0 Å². The molecule has 0 bridgehead atoms. The van der Waals surface area contributed by atoms with Crippen molar-refractivity contribution < 1.29 is 0 Å². The van der Waals surface area contributed by atoms with Crippen molar-refractivity contribution in [3.05, 3.63) is 91.0 Å². The van der Waals surface area contributed by atoms with Crippen LogP contribution in [0.3, 0.4) is 0 Å². The predicted molar refractivity (Wildman–Crippen MR) is 91.2 cm³/mol. The van der Waals surface area contributed by atoms with E-state index < -0.39 is 9.21 Å². The molecule has 0 radical (unpaired) electrons. The first-order chi connectivity index (χ1) is 9.82. The van der Waals surface area contributed by atoms with Crippen molar-refractivity contribution in [2.75, 3.05) is 0 Å². The smallest absolute Gasteiger partial charge is 0.00515 e. The van der Waals surface area contributed by atoms with Gasteiger partial charge in [-0.25, -0.2) is 0 Å². The SMILES string of the molecule is P=[SH](c1ccccc1)(c1ccccc1)c1ccccc1. The van der Waals surface area contributed by atoms with Gasteiger partial charge in [-0.1, -0.05) is 62.6 Å². The van der Waals surface area contributed by atoms with Gasteiger partial charge < -0.3 is 0 Å². The van der Waals surface area contributed by atoms with E-state index in [9.17, 15) is 0 Å². The molecule has 0 N–H and O–H groups in total. The summed E-state index contributed by atoms with van der Waals surface area (Å²) in [7, 11) is 2.46. The summed E-state index contributed by atoms with van der Waals surface area (Å²) >= 11 is 0. The highest BCUT2D eigenvalue weighted by Crippen LogP contribution is 2.39. The van der Waals surface area contributed by atoms with Crippen LogP contribution >= 0.6 is 8.02 Å². The summed E-state index contributed by atoms with van der Waals surface area (Å²) in [6, 6.07) is 32.1. The second-order valence-corrected chi connectivity index (χ2v) is 9.58. The lowest BCUT2D eigenvalue weighted by Crippen LogP contribution is -2.09. The van der Waals surface area contributed by atoms with Crippen LogP contribution in [-0.2, 0) is 9.21 Å². The lowest BCUT2D eigenvalue weighted by atomic mass is 10.4. The van der Waals surface area contributed by atoms with Crippen molar-refractivity contribution in [3.8, 4) is 0 Å². The zero-order valence-electron chi connectivity index (χ0n) is 11.1. The van der Waals surface area contributed by atoms with E-state index in [1.54, 1.807) is 0 Å². The van der Waals surface area contributed by atoms with Gasteiger partial charge in [0.2, 0.25) is 0 Å². The highest BCUT2D eigenvalue weighted by atomic mass is 32.5. The minimum atomic E-state index is -1.72. The van der Waals surface area contributed by atoms with Crippen LogP contribution in [0.2, 0.25) is 0 Å². The van der Waals surface area contributed by atoms with Crippen molar-refractivity contribution in [1.82, 2.24) is 0 Å². The lowest BCUT2D eigenvalue weighted by Gasteiger charge is -2.30. The quantitative estimate of drug-likeness (QED) is 0.504. The minimum Gasteiger partial charge on any atom is -0.169 e. The molecule has 0 amide bonds. The maximum atomic E-state index is 4.18. The molecule has 0 heterocycles. The van der Waals surface area contributed by atoms with E-state index in [4.69, 9.17) is 0 Å². The summed E-state index contributed by atoms with van der Waals surface area (Å²) in [5.74, 6) is 0. The Labute approximate surface area is 123 Å². The number of rotatable bonds is 3. The molecular formula is C18H17PS. The van der Waals surface area contributed by atoms with Gasteiger partial charge in [0.15, 0.2) is 0 Å². The van der Waals surface area contributed by atoms with Crippen molar-refractivity contribution >= 4 is 17.2 Å². The second-order valence-electron chi connectivity index (χ2n) is 4.68. The fourth-order valence-electron chi connectivity index (χ4n) is 2.40. The minimum absolute atomic E-state index is 1.34. The number of hydrogen-bond acceptors (Lipinski definition) is 0. The second kappa shape index (κ2) is 5.75.